The second-order valence-corrected chi connectivity index (χ2v) is 7.89. The Bertz CT molecular complexity index is 1300. The molecule has 2 aromatic heterocycles. The maximum absolute atomic E-state index is 12.7. The number of ether oxygens (including phenoxy) is 2. The van der Waals surface area contributed by atoms with E-state index in [1.54, 1.807) is 25.2 Å². The van der Waals surface area contributed by atoms with E-state index < -0.39 is 17.7 Å². The van der Waals surface area contributed by atoms with Gasteiger partial charge in [-0.1, -0.05) is 23.7 Å². The summed E-state index contributed by atoms with van der Waals surface area (Å²) in [6, 6.07) is 10.8. The summed E-state index contributed by atoms with van der Waals surface area (Å²) < 4.78 is 49.2. The maximum Gasteiger partial charge on any atom is 0.573 e. The van der Waals surface area contributed by atoms with Crippen molar-refractivity contribution in [1.29, 1.82) is 5.26 Å². The van der Waals surface area contributed by atoms with Crippen LogP contribution in [0.2, 0.25) is 5.15 Å². The van der Waals surface area contributed by atoms with Crippen molar-refractivity contribution in [3.63, 3.8) is 0 Å². The highest BCUT2D eigenvalue weighted by Gasteiger charge is 2.33. The van der Waals surface area contributed by atoms with Crippen LogP contribution < -0.4 is 19.9 Å². The summed E-state index contributed by atoms with van der Waals surface area (Å²) in [6.07, 6.45) is -4.31. The number of halogens is 4. The van der Waals surface area contributed by atoms with Gasteiger partial charge in [-0.05, 0) is 24.3 Å². The molecule has 1 aromatic carbocycles. The Labute approximate surface area is 191 Å². The molecule has 0 radical (unpaired) electrons. The van der Waals surface area contributed by atoms with Gasteiger partial charge in [0.1, 0.15) is 28.4 Å². The lowest BCUT2D eigenvalue weighted by Crippen LogP contribution is -2.40. The van der Waals surface area contributed by atoms with Crippen LogP contribution in [-0.2, 0) is 7.05 Å². The third-order valence-corrected chi connectivity index (χ3v) is 5.63. The number of hydrogen-bond acceptors (Lipinski definition) is 6. The van der Waals surface area contributed by atoms with Crippen LogP contribution in [-0.4, -0.2) is 35.1 Å². The summed E-state index contributed by atoms with van der Waals surface area (Å²) in [4.78, 5) is 19.0. The van der Waals surface area contributed by atoms with Crippen LogP contribution >= 0.6 is 11.6 Å². The first-order valence-electron chi connectivity index (χ1n) is 10.0. The van der Waals surface area contributed by atoms with E-state index in [1.807, 2.05) is 11.0 Å². The van der Waals surface area contributed by atoms with Gasteiger partial charge in [0.2, 0.25) is 0 Å². The molecule has 0 unspecified atom stereocenters. The second-order valence-electron chi connectivity index (χ2n) is 7.50. The Morgan fingerprint density at radius 1 is 1.15 bits per heavy atom. The molecule has 11 heteroatoms. The number of rotatable bonds is 4. The number of nitriles is 1. The van der Waals surface area contributed by atoms with Crippen LogP contribution in [0.5, 0.6) is 11.5 Å². The van der Waals surface area contributed by atoms with Crippen LogP contribution in [0.3, 0.4) is 0 Å². The number of anilines is 1. The second kappa shape index (κ2) is 8.83. The number of benzene rings is 1. The zero-order chi connectivity index (χ0) is 23.8. The van der Waals surface area contributed by atoms with Crippen molar-refractivity contribution in [3.05, 3.63) is 57.5 Å². The molecular formula is C22H18ClF3N4O3. The van der Waals surface area contributed by atoms with Crippen molar-refractivity contribution in [2.45, 2.75) is 25.3 Å². The number of pyridine rings is 2. The van der Waals surface area contributed by atoms with Crippen LogP contribution in [0.15, 0.2) is 41.2 Å². The monoisotopic (exact) mass is 478 g/mol. The van der Waals surface area contributed by atoms with E-state index in [1.165, 1.54) is 22.8 Å². The van der Waals surface area contributed by atoms with Crippen LogP contribution in [0, 0.1) is 11.3 Å². The van der Waals surface area contributed by atoms with E-state index in [2.05, 4.69) is 9.72 Å². The largest absolute Gasteiger partial charge is 0.573 e. The normalized spacial score (nSPS) is 14.8. The fourth-order valence-corrected chi connectivity index (χ4v) is 4.06. The average Bonchev–Trinajstić information content (AvgIpc) is 2.77. The molecule has 0 spiro atoms. The predicted octanol–water partition coefficient (Wildman–Crippen LogP) is 4.40. The quantitative estimate of drug-likeness (QED) is 0.517. The molecule has 3 heterocycles. The number of alkyl halides is 3. The van der Waals surface area contributed by atoms with Gasteiger partial charge in [0.15, 0.2) is 11.5 Å². The molecule has 1 fully saturated rings. The lowest BCUT2D eigenvalue weighted by atomic mass is 10.0. The molecule has 0 atom stereocenters. The van der Waals surface area contributed by atoms with Gasteiger partial charge < -0.3 is 18.9 Å². The van der Waals surface area contributed by atoms with Gasteiger partial charge in [-0.15, -0.1) is 13.2 Å². The van der Waals surface area contributed by atoms with Gasteiger partial charge in [0.05, 0.1) is 11.2 Å². The van der Waals surface area contributed by atoms with E-state index in [9.17, 15) is 23.2 Å². The third kappa shape index (κ3) is 4.68. The van der Waals surface area contributed by atoms with E-state index >= 15 is 0 Å². The summed E-state index contributed by atoms with van der Waals surface area (Å²) in [5.41, 5.74) is 0.889. The van der Waals surface area contributed by atoms with E-state index in [0.29, 0.717) is 42.7 Å². The first-order valence-corrected chi connectivity index (χ1v) is 10.4. The molecule has 33 heavy (non-hydrogen) atoms. The standard InChI is InChI=1S/C22H18ClF3N4O3/c1-29-15-6-7-18(23)28-19(15)20(14(12-27)21(29)31)30-10-8-13(9-11-30)32-16-4-2-3-5-17(16)33-22(24,25)26/h2-7,13H,8-11H2,1H3. The molecular weight excluding hydrogens is 461 g/mol. The number of aromatic nitrogens is 2. The maximum atomic E-state index is 12.7. The molecule has 0 N–H and O–H groups in total. The Kier molecular flexibility index (Phi) is 6.08. The molecule has 0 bridgehead atoms. The van der Waals surface area contributed by atoms with Crippen LogP contribution in [0.25, 0.3) is 11.0 Å². The Morgan fingerprint density at radius 3 is 2.45 bits per heavy atom. The van der Waals surface area contributed by atoms with Crippen molar-refractivity contribution < 1.29 is 22.6 Å². The molecule has 0 aliphatic carbocycles. The number of fused-ring (bicyclic) bond motifs is 1. The highest BCUT2D eigenvalue weighted by atomic mass is 35.5. The molecule has 0 saturated carbocycles. The van der Waals surface area contributed by atoms with Gasteiger partial charge in [0, 0.05) is 33.0 Å². The summed E-state index contributed by atoms with van der Waals surface area (Å²) in [5, 5.41) is 9.90. The third-order valence-electron chi connectivity index (χ3n) is 5.42. The summed E-state index contributed by atoms with van der Waals surface area (Å²) in [6.45, 7) is 0.802. The van der Waals surface area contributed by atoms with Gasteiger partial charge >= 0.3 is 6.36 Å². The van der Waals surface area contributed by atoms with Crippen LogP contribution in [0.1, 0.15) is 18.4 Å². The van der Waals surface area contributed by atoms with Crippen molar-refractivity contribution in [1.82, 2.24) is 9.55 Å². The minimum Gasteiger partial charge on any atom is -0.486 e. The Balaban J connectivity index is 1.59. The first kappa shape index (κ1) is 22.7. The highest BCUT2D eigenvalue weighted by molar-refractivity contribution is 6.29. The molecule has 1 aliphatic heterocycles. The van der Waals surface area contributed by atoms with Gasteiger partial charge in [0.25, 0.3) is 5.56 Å². The van der Waals surface area contributed by atoms with E-state index in [0.717, 1.165) is 0 Å². The summed E-state index contributed by atoms with van der Waals surface area (Å²) in [7, 11) is 1.56. The number of aryl methyl sites for hydroxylation is 1. The molecule has 4 rings (SSSR count). The summed E-state index contributed by atoms with van der Waals surface area (Å²) >= 11 is 6.08. The van der Waals surface area contributed by atoms with Crippen molar-refractivity contribution in [2.24, 2.45) is 7.05 Å². The van der Waals surface area contributed by atoms with Crippen molar-refractivity contribution in [3.8, 4) is 17.6 Å². The van der Waals surface area contributed by atoms with Gasteiger partial charge in [-0.2, -0.15) is 5.26 Å². The molecule has 1 aliphatic rings. The highest BCUT2D eigenvalue weighted by Crippen LogP contribution is 2.35. The van der Waals surface area contributed by atoms with Crippen molar-refractivity contribution >= 4 is 28.3 Å². The number of para-hydroxylation sites is 2. The van der Waals surface area contributed by atoms with Gasteiger partial charge in [-0.25, -0.2) is 4.98 Å². The predicted molar refractivity (Wildman–Crippen MR) is 116 cm³/mol. The van der Waals surface area contributed by atoms with Gasteiger partial charge in [-0.3, -0.25) is 4.79 Å². The fourth-order valence-electron chi connectivity index (χ4n) is 3.91. The molecule has 7 nitrogen and oxygen atoms in total. The van der Waals surface area contributed by atoms with Crippen molar-refractivity contribution in [2.75, 3.05) is 18.0 Å². The molecule has 0 amide bonds. The minimum absolute atomic E-state index is 0.00142. The zero-order valence-electron chi connectivity index (χ0n) is 17.4. The number of nitrogens with zero attached hydrogens (tertiary/aromatic N) is 4. The Hall–Kier alpha value is -3.45. The molecule has 1 saturated heterocycles. The smallest absolute Gasteiger partial charge is 0.486 e. The fraction of sp³-hybridized carbons (Fsp3) is 0.318. The van der Waals surface area contributed by atoms with E-state index in [4.69, 9.17) is 16.3 Å². The number of hydrogen-bond donors (Lipinski definition) is 0. The first-order chi connectivity index (χ1) is 15.7. The Morgan fingerprint density at radius 2 is 1.82 bits per heavy atom. The van der Waals surface area contributed by atoms with E-state index in [-0.39, 0.29) is 22.6 Å². The molecule has 172 valence electrons. The topological polar surface area (TPSA) is 80.4 Å². The zero-order valence-corrected chi connectivity index (χ0v) is 18.2. The lowest BCUT2D eigenvalue weighted by molar-refractivity contribution is -0.275. The minimum atomic E-state index is -4.83. The summed E-state index contributed by atoms with van der Waals surface area (Å²) in [5.74, 6) is -0.408. The lowest BCUT2D eigenvalue weighted by Gasteiger charge is -2.34. The SMILES string of the molecule is Cn1c(=O)c(C#N)c(N2CCC(Oc3ccccc3OC(F)(F)F)CC2)c2nc(Cl)ccc21. The number of piperidine rings is 1. The average molecular weight is 479 g/mol. The molecule has 3 aromatic rings. The van der Waals surface area contributed by atoms with Crippen LogP contribution in [0.4, 0.5) is 18.9 Å².